The summed E-state index contributed by atoms with van der Waals surface area (Å²) in [5.74, 6) is 0.0827. The lowest BCUT2D eigenvalue weighted by molar-refractivity contribution is -0.134. The Hall–Kier alpha value is -1.90. The minimum absolute atomic E-state index is 0.0138. The quantitative estimate of drug-likeness (QED) is 0.575. The second-order valence-electron chi connectivity index (χ2n) is 6.54. The molecule has 0 fully saturated rings. The van der Waals surface area contributed by atoms with Gasteiger partial charge in [-0.1, -0.05) is 0 Å². The molecular formula is C16H20N2O5S. The fourth-order valence-corrected chi connectivity index (χ4v) is 4.38. The fraction of sp³-hybridized carbons (Fsp3) is 0.438. The van der Waals surface area contributed by atoms with E-state index in [-0.39, 0.29) is 4.90 Å². The van der Waals surface area contributed by atoms with E-state index in [9.17, 15) is 13.2 Å². The Morgan fingerprint density at radius 1 is 1.25 bits per heavy atom. The van der Waals surface area contributed by atoms with Crippen LogP contribution in [0.5, 0.6) is 0 Å². The highest BCUT2D eigenvalue weighted by Gasteiger charge is 2.33. The van der Waals surface area contributed by atoms with Crippen LogP contribution in [-0.2, 0) is 27.7 Å². The van der Waals surface area contributed by atoms with E-state index in [1.54, 1.807) is 6.07 Å². The van der Waals surface area contributed by atoms with E-state index in [0.717, 1.165) is 42.4 Å². The van der Waals surface area contributed by atoms with Gasteiger partial charge in [0.05, 0.1) is 4.90 Å². The van der Waals surface area contributed by atoms with Crippen LogP contribution >= 0.6 is 0 Å². The Labute approximate surface area is 140 Å². The molecular weight excluding hydrogens is 332 g/mol. The Kier molecular flexibility index (Phi) is 4.15. The topological polar surface area (TPSA) is 109 Å². The van der Waals surface area contributed by atoms with Crippen molar-refractivity contribution >= 4 is 26.9 Å². The first-order valence-electron chi connectivity index (χ1n) is 7.77. The Balaban J connectivity index is 1.98. The first-order chi connectivity index (χ1) is 11.2. The lowest BCUT2D eigenvalue weighted by Crippen LogP contribution is -2.53. The predicted molar refractivity (Wildman–Crippen MR) is 87.2 cm³/mol. The van der Waals surface area contributed by atoms with Crippen LogP contribution in [0.3, 0.4) is 0 Å². The third-order valence-electron chi connectivity index (χ3n) is 4.30. The first kappa shape index (κ1) is 16.9. The molecule has 2 aromatic rings. The Bertz CT molecular complexity index is 899. The van der Waals surface area contributed by atoms with Crippen molar-refractivity contribution in [2.45, 2.75) is 50.0 Å². The third kappa shape index (κ3) is 2.92. The molecule has 1 aliphatic carbocycles. The molecule has 1 aromatic carbocycles. The number of rotatable bonds is 4. The maximum absolute atomic E-state index is 12.5. The van der Waals surface area contributed by atoms with E-state index in [0.29, 0.717) is 5.58 Å². The number of amides is 1. The average Bonchev–Trinajstić information content (AvgIpc) is 2.90. The molecule has 0 spiro atoms. The third-order valence-corrected chi connectivity index (χ3v) is 5.95. The molecule has 0 radical (unpaired) electrons. The highest BCUT2D eigenvalue weighted by molar-refractivity contribution is 7.89. The van der Waals surface area contributed by atoms with Gasteiger partial charge < -0.3 is 4.42 Å². The molecule has 0 saturated heterocycles. The number of carbonyl (C=O) groups is 1. The number of hydroxylamine groups is 1. The van der Waals surface area contributed by atoms with Crippen molar-refractivity contribution in [3.63, 3.8) is 0 Å². The molecule has 1 aliphatic rings. The van der Waals surface area contributed by atoms with Gasteiger partial charge in [0, 0.05) is 23.4 Å². The molecule has 0 bridgehead atoms. The highest BCUT2D eigenvalue weighted by Crippen LogP contribution is 2.33. The standard InChI is InChI=1S/C16H20N2O5S/c1-16(2,15(19)17-20)18-24(21,22)10-7-8-12-11-5-3-4-6-13(11)23-14(12)9-10/h7-9,18,20H,3-6H2,1-2H3,(H,17,19). The van der Waals surface area contributed by atoms with E-state index in [1.165, 1.54) is 31.5 Å². The lowest BCUT2D eigenvalue weighted by Gasteiger charge is -2.23. The van der Waals surface area contributed by atoms with Crippen LogP contribution < -0.4 is 10.2 Å². The summed E-state index contributed by atoms with van der Waals surface area (Å²) in [4.78, 5) is 11.6. The molecule has 24 heavy (non-hydrogen) atoms. The predicted octanol–water partition coefficient (Wildman–Crippen LogP) is 1.87. The van der Waals surface area contributed by atoms with E-state index in [4.69, 9.17) is 9.62 Å². The molecule has 1 heterocycles. The molecule has 0 atom stereocenters. The largest absolute Gasteiger partial charge is 0.461 e. The van der Waals surface area contributed by atoms with Crippen molar-refractivity contribution in [1.82, 2.24) is 10.2 Å². The zero-order chi connectivity index (χ0) is 17.5. The summed E-state index contributed by atoms with van der Waals surface area (Å²) in [7, 11) is -3.95. The number of furan rings is 1. The van der Waals surface area contributed by atoms with E-state index in [2.05, 4.69) is 4.72 Å². The van der Waals surface area contributed by atoms with E-state index >= 15 is 0 Å². The van der Waals surface area contributed by atoms with Crippen molar-refractivity contribution < 1.29 is 22.8 Å². The molecule has 1 aromatic heterocycles. The van der Waals surface area contributed by atoms with Crippen molar-refractivity contribution in [3.05, 3.63) is 29.5 Å². The molecule has 0 saturated carbocycles. The molecule has 0 aliphatic heterocycles. The van der Waals surface area contributed by atoms with Gasteiger partial charge in [-0.15, -0.1) is 0 Å². The molecule has 7 nitrogen and oxygen atoms in total. The van der Waals surface area contributed by atoms with Crippen LogP contribution in [0.15, 0.2) is 27.5 Å². The minimum Gasteiger partial charge on any atom is -0.461 e. The normalized spacial score (nSPS) is 15.3. The van der Waals surface area contributed by atoms with Gasteiger partial charge in [-0.2, -0.15) is 4.72 Å². The van der Waals surface area contributed by atoms with Gasteiger partial charge in [0.2, 0.25) is 10.0 Å². The Morgan fingerprint density at radius 3 is 2.67 bits per heavy atom. The van der Waals surface area contributed by atoms with Gasteiger partial charge in [-0.3, -0.25) is 10.0 Å². The maximum Gasteiger partial charge on any atom is 0.264 e. The summed E-state index contributed by atoms with van der Waals surface area (Å²) in [6.07, 6.45) is 3.99. The van der Waals surface area contributed by atoms with Gasteiger partial charge >= 0.3 is 0 Å². The van der Waals surface area contributed by atoms with Crippen LogP contribution in [0.1, 0.15) is 38.0 Å². The zero-order valence-corrected chi connectivity index (χ0v) is 14.4. The summed E-state index contributed by atoms with van der Waals surface area (Å²) in [6.45, 7) is 2.72. The number of benzene rings is 1. The SMILES string of the molecule is CC(C)(NS(=O)(=O)c1ccc2c3c(oc2c1)CCCC3)C(=O)NO. The van der Waals surface area contributed by atoms with Crippen LogP contribution in [0.4, 0.5) is 0 Å². The van der Waals surface area contributed by atoms with Crippen molar-refractivity contribution in [3.8, 4) is 0 Å². The fourth-order valence-electron chi connectivity index (χ4n) is 2.99. The minimum atomic E-state index is -3.95. The lowest BCUT2D eigenvalue weighted by atomic mass is 9.96. The highest BCUT2D eigenvalue weighted by atomic mass is 32.2. The number of aryl methyl sites for hydroxylation is 2. The molecule has 0 unspecified atom stereocenters. The summed E-state index contributed by atoms with van der Waals surface area (Å²) < 4.78 is 33.2. The van der Waals surface area contributed by atoms with Crippen LogP contribution in [0.25, 0.3) is 11.0 Å². The number of fused-ring (bicyclic) bond motifs is 3. The molecule has 130 valence electrons. The van der Waals surface area contributed by atoms with E-state index < -0.39 is 21.5 Å². The van der Waals surface area contributed by atoms with Crippen LogP contribution in [0.2, 0.25) is 0 Å². The second kappa shape index (κ2) is 5.87. The Morgan fingerprint density at radius 2 is 1.96 bits per heavy atom. The average molecular weight is 352 g/mol. The maximum atomic E-state index is 12.5. The van der Waals surface area contributed by atoms with Gasteiger partial charge in [0.1, 0.15) is 16.9 Å². The molecule has 3 N–H and O–H groups in total. The monoisotopic (exact) mass is 352 g/mol. The van der Waals surface area contributed by atoms with E-state index in [1.807, 2.05) is 0 Å². The summed E-state index contributed by atoms with van der Waals surface area (Å²) in [5.41, 5.74) is 1.66. The number of carbonyl (C=O) groups excluding carboxylic acids is 1. The first-order valence-corrected chi connectivity index (χ1v) is 9.26. The second-order valence-corrected chi connectivity index (χ2v) is 8.22. The van der Waals surface area contributed by atoms with Gasteiger partial charge in [-0.25, -0.2) is 13.9 Å². The molecule has 1 amide bonds. The van der Waals surface area contributed by atoms with Crippen LogP contribution in [-0.4, -0.2) is 25.1 Å². The number of hydrogen-bond donors (Lipinski definition) is 3. The smallest absolute Gasteiger partial charge is 0.264 e. The van der Waals surface area contributed by atoms with Crippen molar-refractivity contribution in [2.24, 2.45) is 0 Å². The van der Waals surface area contributed by atoms with Crippen LogP contribution in [0, 0.1) is 0 Å². The molecule has 3 rings (SSSR count). The number of sulfonamides is 1. The number of nitrogens with one attached hydrogen (secondary N) is 2. The van der Waals surface area contributed by atoms with Gasteiger partial charge in [-0.05, 0) is 45.2 Å². The van der Waals surface area contributed by atoms with Gasteiger partial charge in [0.25, 0.3) is 5.91 Å². The molecule has 8 heteroatoms. The summed E-state index contributed by atoms with van der Waals surface area (Å²) >= 11 is 0. The zero-order valence-electron chi connectivity index (χ0n) is 13.5. The van der Waals surface area contributed by atoms with Crippen molar-refractivity contribution in [1.29, 1.82) is 0 Å². The summed E-state index contributed by atoms with van der Waals surface area (Å²) in [5, 5.41) is 9.66. The number of hydrogen-bond acceptors (Lipinski definition) is 5. The van der Waals surface area contributed by atoms with Crippen molar-refractivity contribution in [2.75, 3.05) is 0 Å². The van der Waals surface area contributed by atoms with Gasteiger partial charge in [0.15, 0.2) is 0 Å². The summed E-state index contributed by atoms with van der Waals surface area (Å²) in [6, 6.07) is 4.72.